The Bertz CT molecular complexity index is 174. The van der Waals surface area contributed by atoms with Gasteiger partial charge in [-0.25, -0.2) is 0 Å². The first-order valence-electron chi connectivity index (χ1n) is 6.92. The van der Waals surface area contributed by atoms with E-state index in [9.17, 15) is 0 Å². The molecule has 1 N–H and O–H groups in total. The molecular weight excluding hydrogens is 230 g/mol. The second-order valence-electron chi connectivity index (χ2n) is 5.23. The van der Waals surface area contributed by atoms with E-state index in [2.05, 4.69) is 44.8 Å². The van der Waals surface area contributed by atoms with E-state index in [0.717, 1.165) is 13.0 Å². The summed E-state index contributed by atoms with van der Waals surface area (Å²) in [6, 6.07) is 0.640. The second-order valence-corrected chi connectivity index (χ2v) is 6.38. The highest BCUT2D eigenvalue weighted by atomic mass is 32.2. The topological polar surface area (TPSA) is 21.3 Å². The minimum atomic E-state index is 0.0154. The molecule has 0 aliphatic carbocycles. The summed E-state index contributed by atoms with van der Waals surface area (Å²) in [6.07, 6.45) is 4.81. The third kappa shape index (κ3) is 9.93. The summed E-state index contributed by atoms with van der Waals surface area (Å²) in [5.74, 6) is 2.51. The lowest BCUT2D eigenvalue weighted by Gasteiger charge is -2.26. The van der Waals surface area contributed by atoms with Crippen molar-refractivity contribution in [1.82, 2.24) is 5.32 Å². The monoisotopic (exact) mass is 261 g/mol. The van der Waals surface area contributed by atoms with Gasteiger partial charge < -0.3 is 10.1 Å². The van der Waals surface area contributed by atoms with Crippen LogP contribution in [0.5, 0.6) is 0 Å². The highest BCUT2D eigenvalue weighted by Gasteiger charge is 2.18. The highest BCUT2D eigenvalue weighted by Crippen LogP contribution is 2.18. The Kier molecular flexibility index (Phi) is 10.4. The molecule has 0 saturated heterocycles. The van der Waals surface area contributed by atoms with E-state index in [1.54, 1.807) is 7.11 Å². The van der Waals surface area contributed by atoms with Crippen molar-refractivity contribution in [2.45, 2.75) is 65.0 Å². The zero-order valence-electron chi connectivity index (χ0n) is 12.3. The van der Waals surface area contributed by atoms with Crippen LogP contribution < -0.4 is 5.32 Å². The van der Waals surface area contributed by atoms with Crippen LogP contribution in [0, 0.1) is 0 Å². The molecule has 0 radical (unpaired) electrons. The van der Waals surface area contributed by atoms with E-state index in [4.69, 9.17) is 4.74 Å². The molecule has 0 amide bonds. The summed E-state index contributed by atoms with van der Waals surface area (Å²) in [5, 5.41) is 3.65. The summed E-state index contributed by atoms with van der Waals surface area (Å²) >= 11 is 2.07. The van der Waals surface area contributed by atoms with Crippen molar-refractivity contribution in [1.29, 1.82) is 0 Å². The van der Waals surface area contributed by atoms with E-state index in [-0.39, 0.29) is 5.60 Å². The third-order valence-electron chi connectivity index (χ3n) is 3.00. The molecule has 0 fully saturated rings. The summed E-state index contributed by atoms with van der Waals surface area (Å²) in [7, 11) is 1.81. The first kappa shape index (κ1) is 17.3. The molecule has 2 nitrogen and oxygen atoms in total. The predicted molar refractivity (Wildman–Crippen MR) is 80.0 cm³/mol. The molecule has 3 heteroatoms. The molecule has 0 bridgehead atoms. The van der Waals surface area contributed by atoms with Gasteiger partial charge in [-0.15, -0.1) is 0 Å². The lowest BCUT2D eigenvalue weighted by molar-refractivity contribution is 0.0122. The zero-order chi connectivity index (χ0) is 13.1. The van der Waals surface area contributed by atoms with Crippen LogP contribution in [0.3, 0.4) is 0 Å². The maximum atomic E-state index is 5.48. The molecule has 0 spiro atoms. The summed E-state index contributed by atoms with van der Waals surface area (Å²) in [6.45, 7) is 9.94. The fraction of sp³-hybridized carbons (Fsp3) is 1.00. The zero-order valence-corrected chi connectivity index (χ0v) is 13.2. The number of thioether (sulfide) groups is 1. The van der Waals surface area contributed by atoms with Crippen LogP contribution in [0.4, 0.5) is 0 Å². The van der Waals surface area contributed by atoms with E-state index in [1.165, 1.54) is 30.8 Å². The number of hydrogen-bond acceptors (Lipinski definition) is 3. The van der Waals surface area contributed by atoms with Gasteiger partial charge in [-0.1, -0.05) is 13.8 Å². The van der Waals surface area contributed by atoms with Crippen molar-refractivity contribution in [2.75, 3.05) is 25.2 Å². The Hall–Kier alpha value is 0.270. The van der Waals surface area contributed by atoms with Crippen LogP contribution in [-0.2, 0) is 4.74 Å². The fourth-order valence-electron chi connectivity index (χ4n) is 1.59. The molecule has 0 aromatic carbocycles. The molecular formula is C14H31NOS. The van der Waals surface area contributed by atoms with E-state index >= 15 is 0 Å². The summed E-state index contributed by atoms with van der Waals surface area (Å²) in [4.78, 5) is 0. The molecule has 0 saturated carbocycles. The molecule has 17 heavy (non-hydrogen) atoms. The number of methoxy groups -OCH3 is 1. The molecule has 0 aliphatic heterocycles. The Morgan fingerprint density at radius 3 is 2.47 bits per heavy atom. The van der Waals surface area contributed by atoms with Crippen LogP contribution in [0.1, 0.15) is 53.4 Å². The van der Waals surface area contributed by atoms with Gasteiger partial charge in [-0.05, 0) is 51.8 Å². The van der Waals surface area contributed by atoms with Crippen LogP contribution in [0.15, 0.2) is 0 Å². The maximum absolute atomic E-state index is 5.48. The molecule has 0 aromatic heterocycles. The normalized spacial score (nSPS) is 13.9. The number of ether oxygens (including phenoxy) is 1. The van der Waals surface area contributed by atoms with Gasteiger partial charge in [0, 0.05) is 18.9 Å². The highest BCUT2D eigenvalue weighted by molar-refractivity contribution is 7.99. The van der Waals surface area contributed by atoms with Crippen LogP contribution in [-0.4, -0.2) is 36.8 Å². The minimum absolute atomic E-state index is 0.0154. The van der Waals surface area contributed by atoms with Crippen LogP contribution >= 0.6 is 11.8 Å². The van der Waals surface area contributed by atoms with Gasteiger partial charge in [-0.2, -0.15) is 11.8 Å². The Morgan fingerprint density at radius 2 is 1.94 bits per heavy atom. The Labute approximate surface area is 112 Å². The molecule has 0 rings (SSSR count). The smallest absolute Gasteiger partial charge is 0.0623 e. The molecule has 1 unspecified atom stereocenters. The SMILES string of the molecule is CCCNC(CCC(C)(C)OC)CSCCC. The number of nitrogens with one attached hydrogen (secondary N) is 1. The summed E-state index contributed by atoms with van der Waals surface area (Å²) in [5.41, 5.74) is 0.0154. The lowest BCUT2D eigenvalue weighted by Crippen LogP contribution is -2.35. The molecule has 104 valence electrons. The maximum Gasteiger partial charge on any atom is 0.0623 e. The van der Waals surface area contributed by atoms with Gasteiger partial charge >= 0.3 is 0 Å². The van der Waals surface area contributed by atoms with Crippen molar-refractivity contribution >= 4 is 11.8 Å². The van der Waals surface area contributed by atoms with Crippen molar-refractivity contribution in [2.24, 2.45) is 0 Å². The minimum Gasteiger partial charge on any atom is -0.379 e. The van der Waals surface area contributed by atoms with Gasteiger partial charge in [0.15, 0.2) is 0 Å². The van der Waals surface area contributed by atoms with Crippen molar-refractivity contribution in [3.05, 3.63) is 0 Å². The fourth-order valence-corrected chi connectivity index (χ4v) is 2.61. The first-order valence-corrected chi connectivity index (χ1v) is 8.07. The van der Waals surface area contributed by atoms with Gasteiger partial charge in [0.1, 0.15) is 0 Å². The predicted octanol–water partition coefficient (Wildman–Crippen LogP) is 3.70. The quantitative estimate of drug-likeness (QED) is 0.573. The summed E-state index contributed by atoms with van der Waals surface area (Å²) < 4.78 is 5.48. The Balaban J connectivity index is 3.91. The Morgan fingerprint density at radius 1 is 1.24 bits per heavy atom. The van der Waals surface area contributed by atoms with Gasteiger partial charge in [-0.3, -0.25) is 0 Å². The largest absolute Gasteiger partial charge is 0.379 e. The van der Waals surface area contributed by atoms with Crippen LogP contribution in [0.2, 0.25) is 0 Å². The second kappa shape index (κ2) is 10.2. The third-order valence-corrected chi connectivity index (χ3v) is 4.33. The van der Waals surface area contributed by atoms with Gasteiger partial charge in [0.05, 0.1) is 5.60 Å². The molecule has 0 aliphatic rings. The molecule has 0 heterocycles. The van der Waals surface area contributed by atoms with E-state index < -0.39 is 0 Å². The standard InChI is InChI=1S/C14H31NOS/c1-6-10-15-13(12-17-11-7-2)8-9-14(3,4)16-5/h13,15H,6-12H2,1-5H3. The van der Waals surface area contributed by atoms with Crippen molar-refractivity contribution in [3.8, 4) is 0 Å². The van der Waals surface area contributed by atoms with Gasteiger partial charge in [0.2, 0.25) is 0 Å². The average molecular weight is 261 g/mol. The van der Waals surface area contributed by atoms with Crippen molar-refractivity contribution < 1.29 is 4.74 Å². The molecule has 0 aromatic rings. The van der Waals surface area contributed by atoms with Gasteiger partial charge in [0.25, 0.3) is 0 Å². The molecule has 1 atom stereocenters. The van der Waals surface area contributed by atoms with E-state index in [1.807, 2.05) is 0 Å². The van der Waals surface area contributed by atoms with Crippen LogP contribution in [0.25, 0.3) is 0 Å². The average Bonchev–Trinajstić information content (AvgIpc) is 2.32. The van der Waals surface area contributed by atoms with E-state index in [0.29, 0.717) is 6.04 Å². The van der Waals surface area contributed by atoms with Crippen molar-refractivity contribution in [3.63, 3.8) is 0 Å². The number of hydrogen-bond donors (Lipinski definition) is 1. The first-order chi connectivity index (χ1) is 8.05. The number of rotatable bonds is 11. The lowest BCUT2D eigenvalue weighted by atomic mass is 9.99.